The van der Waals surface area contributed by atoms with Crippen LogP contribution in [0.1, 0.15) is 37.0 Å². The summed E-state index contributed by atoms with van der Waals surface area (Å²) in [4.78, 5) is 11.6. The molecule has 0 aromatic heterocycles. The van der Waals surface area contributed by atoms with Gasteiger partial charge in [-0.25, -0.2) is 4.79 Å². The largest absolute Gasteiger partial charge is 0.462 e. The van der Waals surface area contributed by atoms with Gasteiger partial charge in [0, 0.05) is 12.3 Å². The second kappa shape index (κ2) is 12.3. The zero-order chi connectivity index (χ0) is 21.9. The number of ether oxygens (including phenoxy) is 1. The molecule has 0 spiro atoms. The van der Waals surface area contributed by atoms with Crippen molar-refractivity contribution in [2.75, 3.05) is 6.61 Å². The molecule has 3 unspecified atom stereocenters. The Labute approximate surface area is 171 Å². The molecule has 160 valence electrons. The van der Waals surface area contributed by atoms with Crippen LogP contribution in [0.5, 0.6) is 0 Å². The summed E-state index contributed by atoms with van der Waals surface area (Å²) >= 11 is 0. The summed E-state index contributed by atoms with van der Waals surface area (Å²) in [5.41, 5.74) is 0.499. The minimum atomic E-state index is -4.00. The number of esters is 1. The summed E-state index contributed by atoms with van der Waals surface area (Å²) in [6.07, 6.45) is -0.267. The standard InChI is InChI=1S/C15H22O4.C6H6O3S/c1-3-13(16)11(2)14(17)9-10-19-15(18)12-7-5-4-6-8-12;7-10(8,9)6-4-2-1-3-5-6/h4-8,11,13-14,16-17H,3,9-10H2,1-2H3;1-5H,(H,7,8,9). The van der Waals surface area contributed by atoms with Gasteiger partial charge in [-0.3, -0.25) is 4.55 Å². The number of carbonyl (C=O) groups excluding carboxylic acids is 1. The normalized spacial score (nSPS) is 14.1. The fraction of sp³-hybridized carbons (Fsp3) is 0.381. The molecule has 0 heterocycles. The minimum absolute atomic E-state index is 0.0741. The van der Waals surface area contributed by atoms with E-state index in [1.54, 1.807) is 49.4 Å². The third-order valence-electron chi connectivity index (χ3n) is 4.33. The molecule has 29 heavy (non-hydrogen) atoms. The average Bonchev–Trinajstić information content (AvgIpc) is 2.73. The molecule has 2 rings (SSSR count). The van der Waals surface area contributed by atoms with Crippen LogP contribution in [0.2, 0.25) is 0 Å². The van der Waals surface area contributed by atoms with Gasteiger partial charge in [0.05, 0.1) is 29.3 Å². The van der Waals surface area contributed by atoms with Gasteiger partial charge in [0.25, 0.3) is 10.1 Å². The highest BCUT2D eigenvalue weighted by molar-refractivity contribution is 7.85. The predicted molar refractivity (Wildman–Crippen MR) is 109 cm³/mol. The first-order chi connectivity index (χ1) is 13.7. The van der Waals surface area contributed by atoms with Crippen molar-refractivity contribution in [3.63, 3.8) is 0 Å². The summed E-state index contributed by atoms with van der Waals surface area (Å²) < 4.78 is 34.3. The van der Waals surface area contributed by atoms with Crippen LogP contribution in [0.15, 0.2) is 65.6 Å². The Morgan fingerprint density at radius 3 is 1.93 bits per heavy atom. The van der Waals surface area contributed by atoms with Crippen molar-refractivity contribution in [3.05, 3.63) is 66.2 Å². The molecule has 3 atom stereocenters. The molecule has 2 aromatic rings. The Morgan fingerprint density at radius 1 is 0.966 bits per heavy atom. The summed E-state index contributed by atoms with van der Waals surface area (Å²) in [6.45, 7) is 3.80. The van der Waals surface area contributed by atoms with Crippen LogP contribution in [0.4, 0.5) is 0 Å². The highest BCUT2D eigenvalue weighted by Gasteiger charge is 2.21. The predicted octanol–water partition coefficient (Wildman–Crippen LogP) is 2.93. The zero-order valence-corrected chi connectivity index (χ0v) is 17.3. The van der Waals surface area contributed by atoms with Gasteiger partial charge < -0.3 is 14.9 Å². The van der Waals surface area contributed by atoms with E-state index in [0.29, 0.717) is 18.4 Å². The Kier molecular flexibility index (Phi) is 10.5. The van der Waals surface area contributed by atoms with Gasteiger partial charge in [0.15, 0.2) is 0 Å². The average molecular weight is 425 g/mol. The molecule has 0 aliphatic heterocycles. The molecule has 0 fully saturated rings. The van der Waals surface area contributed by atoms with Crippen LogP contribution < -0.4 is 0 Å². The molecule has 0 saturated heterocycles. The molecule has 2 aromatic carbocycles. The van der Waals surface area contributed by atoms with Crippen molar-refractivity contribution in [2.45, 2.75) is 43.8 Å². The van der Waals surface area contributed by atoms with E-state index in [1.165, 1.54) is 12.1 Å². The van der Waals surface area contributed by atoms with Crippen molar-refractivity contribution in [2.24, 2.45) is 5.92 Å². The summed E-state index contributed by atoms with van der Waals surface area (Å²) in [5, 5.41) is 19.5. The number of hydrogen-bond donors (Lipinski definition) is 3. The Morgan fingerprint density at radius 2 is 1.48 bits per heavy atom. The summed E-state index contributed by atoms with van der Waals surface area (Å²) in [6, 6.07) is 16.2. The number of aliphatic hydroxyl groups excluding tert-OH is 2. The summed E-state index contributed by atoms with van der Waals surface area (Å²) in [5.74, 6) is -0.614. The number of rotatable bonds is 8. The molecule has 8 heteroatoms. The fourth-order valence-electron chi connectivity index (χ4n) is 2.41. The Balaban J connectivity index is 0.000000352. The lowest BCUT2D eigenvalue weighted by atomic mass is 9.94. The number of carbonyl (C=O) groups is 1. The number of hydrogen-bond acceptors (Lipinski definition) is 6. The lowest BCUT2D eigenvalue weighted by molar-refractivity contribution is 0.00189. The second-order valence-electron chi connectivity index (χ2n) is 6.48. The molecule has 0 aliphatic carbocycles. The molecule has 3 N–H and O–H groups in total. The van der Waals surface area contributed by atoms with E-state index in [0.717, 1.165) is 0 Å². The van der Waals surface area contributed by atoms with Gasteiger partial charge in [-0.15, -0.1) is 0 Å². The Bertz CT molecular complexity index is 823. The van der Waals surface area contributed by atoms with Crippen LogP contribution >= 0.6 is 0 Å². The smallest absolute Gasteiger partial charge is 0.338 e. The lowest BCUT2D eigenvalue weighted by Crippen LogP contribution is -2.30. The van der Waals surface area contributed by atoms with E-state index < -0.39 is 28.3 Å². The lowest BCUT2D eigenvalue weighted by Gasteiger charge is -2.22. The number of benzene rings is 2. The van der Waals surface area contributed by atoms with Crippen LogP contribution in [-0.2, 0) is 14.9 Å². The maximum absolute atomic E-state index is 11.6. The van der Waals surface area contributed by atoms with Gasteiger partial charge >= 0.3 is 5.97 Å². The van der Waals surface area contributed by atoms with E-state index >= 15 is 0 Å². The maximum Gasteiger partial charge on any atom is 0.338 e. The Hall–Kier alpha value is -2.26. The first kappa shape index (κ1) is 24.8. The van der Waals surface area contributed by atoms with Gasteiger partial charge in [-0.1, -0.05) is 50.2 Å². The molecule has 0 aliphatic rings. The fourth-order valence-corrected chi connectivity index (χ4v) is 2.91. The molecule has 0 saturated carbocycles. The van der Waals surface area contributed by atoms with E-state index in [-0.39, 0.29) is 17.4 Å². The van der Waals surface area contributed by atoms with E-state index in [4.69, 9.17) is 9.29 Å². The third-order valence-corrected chi connectivity index (χ3v) is 5.20. The molecule has 7 nitrogen and oxygen atoms in total. The molecule has 0 amide bonds. The first-order valence-electron chi connectivity index (χ1n) is 9.27. The van der Waals surface area contributed by atoms with Crippen LogP contribution in [0, 0.1) is 5.92 Å². The van der Waals surface area contributed by atoms with Gasteiger partial charge in [0.1, 0.15) is 0 Å². The van der Waals surface area contributed by atoms with E-state index in [2.05, 4.69) is 0 Å². The van der Waals surface area contributed by atoms with Crippen molar-refractivity contribution < 1.29 is 32.7 Å². The van der Waals surface area contributed by atoms with E-state index in [9.17, 15) is 23.4 Å². The minimum Gasteiger partial charge on any atom is -0.462 e. The summed E-state index contributed by atoms with van der Waals surface area (Å²) in [7, 11) is -4.00. The monoisotopic (exact) mass is 424 g/mol. The van der Waals surface area contributed by atoms with Crippen molar-refractivity contribution >= 4 is 16.1 Å². The van der Waals surface area contributed by atoms with Crippen LogP contribution in [0.25, 0.3) is 0 Å². The SMILES string of the molecule is CCC(O)C(C)C(O)CCOC(=O)c1ccccc1.O=S(=O)(O)c1ccccc1. The van der Waals surface area contributed by atoms with Crippen molar-refractivity contribution in [1.82, 2.24) is 0 Å². The molecular weight excluding hydrogens is 396 g/mol. The van der Waals surface area contributed by atoms with Crippen LogP contribution in [0.3, 0.4) is 0 Å². The van der Waals surface area contributed by atoms with Crippen molar-refractivity contribution in [3.8, 4) is 0 Å². The van der Waals surface area contributed by atoms with E-state index in [1.807, 2.05) is 13.0 Å². The third kappa shape index (κ3) is 9.19. The van der Waals surface area contributed by atoms with Gasteiger partial charge in [-0.2, -0.15) is 8.42 Å². The molecule has 0 radical (unpaired) electrons. The van der Waals surface area contributed by atoms with Crippen LogP contribution in [-0.4, -0.2) is 48.0 Å². The topological polar surface area (TPSA) is 121 Å². The van der Waals surface area contributed by atoms with Gasteiger partial charge in [-0.05, 0) is 30.7 Å². The number of aliphatic hydroxyl groups is 2. The first-order valence-corrected chi connectivity index (χ1v) is 10.7. The second-order valence-corrected chi connectivity index (χ2v) is 7.90. The zero-order valence-electron chi connectivity index (χ0n) is 16.5. The van der Waals surface area contributed by atoms with Crippen molar-refractivity contribution in [1.29, 1.82) is 0 Å². The highest BCUT2D eigenvalue weighted by atomic mass is 32.2. The van der Waals surface area contributed by atoms with Gasteiger partial charge in [0.2, 0.25) is 0 Å². The maximum atomic E-state index is 11.6. The highest BCUT2D eigenvalue weighted by Crippen LogP contribution is 2.14. The molecular formula is C21H28O7S. The molecule has 0 bridgehead atoms. The quantitative estimate of drug-likeness (QED) is 0.440.